The fourth-order valence-electron chi connectivity index (χ4n) is 0.694. The Morgan fingerprint density at radius 3 is 2.75 bits per heavy atom. The highest BCUT2D eigenvalue weighted by Crippen LogP contribution is 2.06. The zero-order chi connectivity index (χ0) is 9.14. The molecule has 0 saturated carbocycles. The first kappa shape index (κ1) is 7.94. The second-order valence-corrected chi connectivity index (χ2v) is 1.99. The molecule has 0 aliphatic rings. The topological polar surface area (TPSA) is 99.8 Å². The van der Waals surface area contributed by atoms with Crippen LogP contribution >= 0.6 is 0 Å². The number of aromatic amines is 1. The predicted molar refractivity (Wildman–Crippen MR) is 38.4 cm³/mol. The van der Waals surface area contributed by atoms with Gasteiger partial charge in [0.15, 0.2) is 0 Å². The Morgan fingerprint density at radius 2 is 2.25 bits per heavy atom. The molecule has 0 unspecified atom stereocenters. The SMILES string of the molecule is N#Cc1cc([N+](=O)[O-])cc(=O)[nH]1. The summed E-state index contributed by atoms with van der Waals surface area (Å²) in [5.41, 5.74) is -1.15. The standard InChI is InChI=1S/C6H3N3O3/c7-3-4-1-5(9(11)12)2-6(10)8-4/h1-2H,(H,8,10). The number of pyridine rings is 1. The third-order valence-electron chi connectivity index (χ3n) is 1.16. The van der Waals surface area contributed by atoms with Crippen molar-refractivity contribution in [2.24, 2.45) is 0 Å². The van der Waals surface area contributed by atoms with E-state index in [1.165, 1.54) is 0 Å². The molecule has 0 amide bonds. The molecule has 0 aliphatic carbocycles. The Hall–Kier alpha value is -2.16. The summed E-state index contributed by atoms with van der Waals surface area (Å²) in [6, 6.07) is 3.42. The number of rotatable bonds is 1. The van der Waals surface area contributed by atoms with E-state index in [9.17, 15) is 14.9 Å². The predicted octanol–water partition coefficient (Wildman–Crippen LogP) is 0.155. The van der Waals surface area contributed by atoms with E-state index in [-0.39, 0.29) is 11.4 Å². The second-order valence-electron chi connectivity index (χ2n) is 1.99. The lowest BCUT2D eigenvalue weighted by Crippen LogP contribution is -2.07. The van der Waals surface area contributed by atoms with Crippen LogP contribution in [0.4, 0.5) is 5.69 Å². The number of nitrogens with zero attached hydrogens (tertiary/aromatic N) is 2. The monoisotopic (exact) mass is 165 g/mol. The molecule has 0 saturated heterocycles. The van der Waals surface area contributed by atoms with Gasteiger partial charge in [-0.1, -0.05) is 0 Å². The van der Waals surface area contributed by atoms with Gasteiger partial charge in [0.1, 0.15) is 11.8 Å². The zero-order valence-electron chi connectivity index (χ0n) is 5.77. The molecular formula is C6H3N3O3. The molecule has 0 bridgehead atoms. The molecule has 1 rings (SSSR count). The molecule has 60 valence electrons. The van der Waals surface area contributed by atoms with Gasteiger partial charge in [0, 0.05) is 0 Å². The zero-order valence-corrected chi connectivity index (χ0v) is 5.77. The third kappa shape index (κ3) is 1.46. The van der Waals surface area contributed by atoms with E-state index in [1.807, 2.05) is 0 Å². The molecule has 0 atom stereocenters. The third-order valence-corrected chi connectivity index (χ3v) is 1.16. The quantitative estimate of drug-likeness (QED) is 0.472. The van der Waals surface area contributed by atoms with Crippen molar-refractivity contribution in [3.63, 3.8) is 0 Å². The first-order chi connectivity index (χ1) is 5.63. The van der Waals surface area contributed by atoms with Gasteiger partial charge in [0.05, 0.1) is 17.1 Å². The summed E-state index contributed by atoms with van der Waals surface area (Å²) in [6.07, 6.45) is 0. The average molecular weight is 165 g/mol. The molecule has 0 spiro atoms. The average Bonchev–Trinajstić information content (AvgIpc) is 2.03. The van der Waals surface area contributed by atoms with E-state index in [4.69, 9.17) is 5.26 Å². The lowest BCUT2D eigenvalue weighted by molar-refractivity contribution is -0.385. The minimum Gasteiger partial charge on any atom is -0.313 e. The number of nitro groups is 1. The highest BCUT2D eigenvalue weighted by Gasteiger charge is 2.07. The van der Waals surface area contributed by atoms with Crippen molar-refractivity contribution in [2.45, 2.75) is 0 Å². The smallest absolute Gasteiger partial charge is 0.277 e. The Kier molecular flexibility index (Phi) is 1.88. The van der Waals surface area contributed by atoms with Gasteiger partial charge in [-0.3, -0.25) is 14.9 Å². The molecule has 0 radical (unpaired) electrons. The maximum absolute atomic E-state index is 10.7. The van der Waals surface area contributed by atoms with Crippen LogP contribution in [-0.2, 0) is 0 Å². The van der Waals surface area contributed by atoms with Crippen molar-refractivity contribution >= 4 is 5.69 Å². The van der Waals surface area contributed by atoms with E-state index < -0.39 is 10.5 Å². The van der Waals surface area contributed by atoms with Crippen molar-refractivity contribution in [1.29, 1.82) is 5.26 Å². The van der Waals surface area contributed by atoms with Gasteiger partial charge < -0.3 is 4.98 Å². The molecule has 12 heavy (non-hydrogen) atoms. The lowest BCUT2D eigenvalue weighted by Gasteiger charge is -1.89. The number of nitriles is 1. The highest BCUT2D eigenvalue weighted by molar-refractivity contribution is 5.34. The molecule has 1 N–H and O–H groups in total. The van der Waals surface area contributed by atoms with Gasteiger partial charge in [-0.05, 0) is 0 Å². The highest BCUT2D eigenvalue weighted by atomic mass is 16.6. The van der Waals surface area contributed by atoms with E-state index in [0.29, 0.717) is 0 Å². The molecule has 6 heteroatoms. The van der Waals surface area contributed by atoms with Crippen molar-refractivity contribution in [1.82, 2.24) is 4.98 Å². The summed E-state index contributed by atoms with van der Waals surface area (Å²) in [5, 5.41) is 18.5. The van der Waals surface area contributed by atoms with Crippen molar-refractivity contribution < 1.29 is 4.92 Å². The normalized spacial score (nSPS) is 8.92. The van der Waals surface area contributed by atoms with Crippen LogP contribution in [0.1, 0.15) is 5.69 Å². The Morgan fingerprint density at radius 1 is 1.58 bits per heavy atom. The summed E-state index contributed by atoms with van der Waals surface area (Å²) in [7, 11) is 0. The van der Waals surface area contributed by atoms with Gasteiger partial charge in [-0.2, -0.15) is 5.26 Å². The first-order valence-electron chi connectivity index (χ1n) is 2.92. The molecule has 1 heterocycles. The van der Waals surface area contributed by atoms with Crippen LogP contribution in [0.25, 0.3) is 0 Å². The maximum Gasteiger partial charge on any atom is 0.277 e. The maximum atomic E-state index is 10.7. The van der Waals surface area contributed by atoms with E-state index in [0.717, 1.165) is 12.1 Å². The molecule has 0 fully saturated rings. The summed E-state index contributed by atoms with van der Waals surface area (Å²) in [6.45, 7) is 0. The minimum absolute atomic E-state index is 0.116. The van der Waals surface area contributed by atoms with Crippen LogP contribution in [0.5, 0.6) is 0 Å². The summed E-state index contributed by atoms with van der Waals surface area (Å²) < 4.78 is 0. The van der Waals surface area contributed by atoms with Crippen LogP contribution in [0, 0.1) is 21.4 Å². The number of hydrogen-bond donors (Lipinski definition) is 1. The second kappa shape index (κ2) is 2.84. The molecule has 1 aromatic heterocycles. The van der Waals surface area contributed by atoms with Crippen LogP contribution < -0.4 is 5.56 Å². The molecular weight excluding hydrogens is 162 g/mol. The molecule has 0 aromatic carbocycles. The van der Waals surface area contributed by atoms with Crippen molar-refractivity contribution in [3.05, 3.63) is 38.3 Å². The number of hydrogen-bond acceptors (Lipinski definition) is 4. The fraction of sp³-hybridized carbons (Fsp3) is 0. The molecule has 0 aliphatic heterocycles. The lowest BCUT2D eigenvalue weighted by atomic mass is 10.3. The van der Waals surface area contributed by atoms with Crippen molar-refractivity contribution in [2.75, 3.05) is 0 Å². The van der Waals surface area contributed by atoms with E-state index in [1.54, 1.807) is 6.07 Å². The van der Waals surface area contributed by atoms with Crippen molar-refractivity contribution in [3.8, 4) is 6.07 Å². The fourth-order valence-corrected chi connectivity index (χ4v) is 0.694. The van der Waals surface area contributed by atoms with E-state index >= 15 is 0 Å². The largest absolute Gasteiger partial charge is 0.313 e. The van der Waals surface area contributed by atoms with Gasteiger partial charge in [-0.25, -0.2) is 0 Å². The first-order valence-corrected chi connectivity index (χ1v) is 2.92. The van der Waals surface area contributed by atoms with Crippen LogP contribution in [-0.4, -0.2) is 9.91 Å². The van der Waals surface area contributed by atoms with E-state index in [2.05, 4.69) is 4.98 Å². The van der Waals surface area contributed by atoms with Crippen LogP contribution in [0.2, 0.25) is 0 Å². The Balaban J connectivity index is 3.36. The number of aromatic nitrogens is 1. The van der Waals surface area contributed by atoms with Gasteiger partial charge in [0.2, 0.25) is 0 Å². The number of H-pyrrole nitrogens is 1. The summed E-state index contributed by atoms with van der Waals surface area (Å²) >= 11 is 0. The minimum atomic E-state index is -0.726. The van der Waals surface area contributed by atoms with Crippen LogP contribution in [0.3, 0.4) is 0 Å². The van der Waals surface area contributed by atoms with Gasteiger partial charge in [0.25, 0.3) is 11.2 Å². The Bertz CT molecular complexity index is 415. The summed E-state index contributed by atoms with van der Waals surface area (Å²) in [5.74, 6) is 0. The van der Waals surface area contributed by atoms with Gasteiger partial charge in [-0.15, -0.1) is 0 Å². The summed E-state index contributed by atoms with van der Waals surface area (Å²) in [4.78, 5) is 22.2. The molecule has 1 aromatic rings. The number of nitrogens with one attached hydrogen (secondary N) is 1. The Labute approximate surface area is 66.2 Å². The molecule has 6 nitrogen and oxygen atoms in total. The van der Waals surface area contributed by atoms with Crippen LogP contribution in [0.15, 0.2) is 16.9 Å². The van der Waals surface area contributed by atoms with Gasteiger partial charge >= 0.3 is 0 Å².